The maximum atomic E-state index is 10.9. The van der Waals surface area contributed by atoms with Crippen molar-refractivity contribution in [3.05, 3.63) is 33.1 Å². The van der Waals surface area contributed by atoms with Gasteiger partial charge in [0.2, 0.25) is 0 Å². The number of thiophene rings is 1. The highest BCUT2D eigenvalue weighted by atomic mass is 35.5. The third-order valence-corrected chi connectivity index (χ3v) is 3.51. The molecule has 0 unspecified atom stereocenters. The smallest absolute Gasteiger partial charge is 0.338 e. The zero-order valence-electron chi connectivity index (χ0n) is 6.75. The Kier molecular flexibility index (Phi) is 2.39. The van der Waals surface area contributed by atoms with E-state index < -0.39 is 5.97 Å². The quantitative estimate of drug-likeness (QED) is 0.829. The van der Waals surface area contributed by atoms with E-state index in [1.54, 1.807) is 18.2 Å². The van der Waals surface area contributed by atoms with Gasteiger partial charge in [-0.2, -0.15) is 0 Å². The summed E-state index contributed by atoms with van der Waals surface area (Å²) in [5.41, 5.74) is 0.0947. The number of rotatable bonds is 1. The molecule has 0 radical (unpaired) electrons. The maximum absolute atomic E-state index is 10.9. The zero-order valence-corrected chi connectivity index (χ0v) is 9.08. The number of hydrogen-bond donors (Lipinski definition) is 1. The first-order chi connectivity index (χ1) is 6.61. The molecule has 0 aliphatic rings. The minimum atomic E-state index is -1.05. The molecule has 0 aliphatic heterocycles. The fraction of sp³-hybridized carbons (Fsp3) is 0. The number of carbonyl (C=O) groups is 1. The minimum absolute atomic E-state index is 0.0947. The normalized spacial score (nSPS) is 10.7. The summed E-state index contributed by atoms with van der Waals surface area (Å²) in [4.78, 5) is 10.9. The third-order valence-electron chi connectivity index (χ3n) is 1.84. The Labute approximate surface area is 93.7 Å². The van der Waals surface area contributed by atoms with Crippen molar-refractivity contribution in [3.63, 3.8) is 0 Å². The van der Waals surface area contributed by atoms with Crippen LogP contribution in [-0.2, 0) is 0 Å². The molecule has 0 spiro atoms. The average Bonchev–Trinajstić information content (AvgIpc) is 2.42. The second-order valence-corrected chi connectivity index (χ2v) is 4.73. The van der Waals surface area contributed by atoms with Gasteiger partial charge >= 0.3 is 5.97 Å². The molecule has 0 saturated carbocycles. The molecule has 0 aliphatic carbocycles. The first kappa shape index (κ1) is 9.77. The van der Waals surface area contributed by atoms with Gasteiger partial charge in [-0.3, -0.25) is 0 Å². The van der Waals surface area contributed by atoms with Crippen LogP contribution >= 0.6 is 34.5 Å². The fourth-order valence-corrected chi connectivity index (χ4v) is 2.96. The molecule has 0 bridgehead atoms. The molecule has 0 amide bonds. The van der Waals surface area contributed by atoms with Crippen LogP contribution in [0.25, 0.3) is 10.1 Å². The number of benzene rings is 1. The lowest BCUT2D eigenvalue weighted by atomic mass is 10.2. The van der Waals surface area contributed by atoms with Gasteiger partial charge in [-0.25, -0.2) is 4.79 Å². The molecule has 5 heteroatoms. The van der Waals surface area contributed by atoms with Crippen LogP contribution in [0.1, 0.15) is 10.4 Å². The Bertz CT molecular complexity index is 519. The molecule has 2 aromatic rings. The first-order valence-corrected chi connectivity index (χ1v) is 5.28. The van der Waals surface area contributed by atoms with E-state index in [-0.39, 0.29) is 9.90 Å². The lowest BCUT2D eigenvalue weighted by Crippen LogP contribution is -1.94. The first-order valence-electron chi connectivity index (χ1n) is 3.71. The molecule has 1 aromatic heterocycles. The molecule has 72 valence electrons. The van der Waals surface area contributed by atoms with E-state index in [0.717, 1.165) is 4.70 Å². The van der Waals surface area contributed by atoms with Crippen molar-refractivity contribution in [1.82, 2.24) is 0 Å². The van der Waals surface area contributed by atoms with E-state index in [0.29, 0.717) is 10.4 Å². The Morgan fingerprint density at radius 2 is 2.07 bits per heavy atom. The Balaban J connectivity index is 2.93. The van der Waals surface area contributed by atoms with Crippen LogP contribution in [0.5, 0.6) is 0 Å². The standard InChI is InChI=1S/C9H4Cl2O2S/c10-4-2-1-3-5-6(4)7(9(12)13)8(11)14-5/h1-3H,(H,12,13). The average molecular weight is 247 g/mol. The molecule has 1 heterocycles. The third kappa shape index (κ3) is 1.38. The molecule has 1 aromatic carbocycles. The molecule has 1 N–H and O–H groups in total. The summed E-state index contributed by atoms with van der Waals surface area (Å²) in [6, 6.07) is 5.21. The van der Waals surface area contributed by atoms with Crippen molar-refractivity contribution in [2.45, 2.75) is 0 Å². The second-order valence-electron chi connectivity index (χ2n) is 2.67. The van der Waals surface area contributed by atoms with E-state index in [4.69, 9.17) is 28.3 Å². The van der Waals surface area contributed by atoms with E-state index in [9.17, 15) is 4.79 Å². The number of carboxylic acids is 1. The summed E-state index contributed by atoms with van der Waals surface area (Å²) in [6.45, 7) is 0. The van der Waals surface area contributed by atoms with Gasteiger partial charge in [-0.1, -0.05) is 29.3 Å². The van der Waals surface area contributed by atoms with Gasteiger partial charge in [-0.15, -0.1) is 11.3 Å². The highest BCUT2D eigenvalue weighted by molar-refractivity contribution is 7.23. The van der Waals surface area contributed by atoms with Gasteiger partial charge in [0.25, 0.3) is 0 Å². The van der Waals surface area contributed by atoms with Crippen LogP contribution in [0.4, 0.5) is 0 Å². The monoisotopic (exact) mass is 246 g/mol. The predicted octanol–water partition coefficient (Wildman–Crippen LogP) is 3.91. The second kappa shape index (κ2) is 3.42. The van der Waals surface area contributed by atoms with Crippen LogP contribution in [-0.4, -0.2) is 11.1 Å². The molecular weight excluding hydrogens is 243 g/mol. The fourth-order valence-electron chi connectivity index (χ4n) is 1.27. The summed E-state index contributed by atoms with van der Waals surface area (Å²) in [6.07, 6.45) is 0. The predicted molar refractivity (Wildman–Crippen MR) is 58.8 cm³/mol. The molecule has 0 saturated heterocycles. The molecular formula is C9H4Cl2O2S. The molecule has 0 atom stereocenters. The van der Waals surface area contributed by atoms with Crippen molar-refractivity contribution in [2.24, 2.45) is 0 Å². The van der Waals surface area contributed by atoms with Crippen molar-refractivity contribution < 1.29 is 9.90 Å². The van der Waals surface area contributed by atoms with Crippen molar-refractivity contribution >= 4 is 50.6 Å². The SMILES string of the molecule is O=C(O)c1c(Cl)sc2cccc(Cl)c12. The Morgan fingerprint density at radius 1 is 1.36 bits per heavy atom. The maximum Gasteiger partial charge on any atom is 0.338 e. The number of fused-ring (bicyclic) bond motifs is 1. The van der Waals surface area contributed by atoms with Crippen LogP contribution in [0, 0.1) is 0 Å². The number of halogens is 2. The van der Waals surface area contributed by atoms with Crippen molar-refractivity contribution in [3.8, 4) is 0 Å². The molecule has 0 fully saturated rings. The highest BCUT2D eigenvalue weighted by Crippen LogP contribution is 2.38. The minimum Gasteiger partial charge on any atom is -0.478 e. The lowest BCUT2D eigenvalue weighted by molar-refractivity contribution is 0.0699. The summed E-state index contributed by atoms with van der Waals surface area (Å²) >= 11 is 12.9. The van der Waals surface area contributed by atoms with Crippen LogP contribution in [0.15, 0.2) is 18.2 Å². The number of aromatic carboxylic acids is 1. The van der Waals surface area contributed by atoms with Crippen LogP contribution in [0.2, 0.25) is 9.36 Å². The topological polar surface area (TPSA) is 37.3 Å². The lowest BCUT2D eigenvalue weighted by Gasteiger charge is -1.95. The van der Waals surface area contributed by atoms with Crippen molar-refractivity contribution in [2.75, 3.05) is 0 Å². The highest BCUT2D eigenvalue weighted by Gasteiger charge is 2.18. The number of carboxylic acid groups (broad SMARTS) is 1. The molecule has 2 rings (SSSR count). The van der Waals surface area contributed by atoms with Crippen LogP contribution < -0.4 is 0 Å². The Morgan fingerprint density at radius 3 is 2.71 bits per heavy atom. The van der Waals surface area contributed by atoms with Gasteiger partial charge in [0.1, 0.15) is 4.34 Å². The molecule has 14 heavy (non-hydrogen) atoms. The number of hydrogen-bond acceptors (Lipinski definition) is 2. The van der Waals surface area contributed by atoms with E-state index in [1.807, 2.05) is 0 Å². The molecule has 2 nitrogen and oxygen atoms in total. The van der Waals surface area contributed by atoms with Gasteiger partial charge in [0.15, 0.2) is 0 Å². The summed E-state index contributed by atoms with van der Waals surface area (Å²) in [7, 11) is 0. The summed E-state index contributed by atoms with van der Waals surface area (Å²) in [5, 5.41) is 9.88. The summed E-state index contributed by atoms with van der Waals surface area (Å²) < 4.78 is 1.06. The van der Waals surface area contributed by atoms with Gasteiger partial charge in [-0.05, 0) is 12.1 Å². The van der Waals surface area contributed by atoms with E-state index in [1.165, 1.54) is 11.3 Å². The van der Waals surface area contributed by atoms with Crippen molar-refractivity contribution in [1.29, 1.82) is 0 Å². The largest absolute Gasteiger partial charge is 0.478 e. The van der Waals surface area contributed by atoms with Gasteiger partial charge in [0, 0.05) is 10.1 Å². The van der Waals surface area contributed by atoms with Crippen LogP contribution in [0.3, 0.4) is 0 Å². The van der Waals surface area contributed by atoms with Gasteiger partial charge < -0.3 is 5.11 Å². The van der Waals surface area contributed by atoms with E-state index in [2.05, 4.69) is 0 Å². The zero-order chi connectivity index (χ0) is 10.3. The van der Waals surface area contributed by atoms with Gasteiger partial charge in [0.05, 0.1) is 10.6 Å². The summed E-state index contributed by atoms with van der Waals surface area (Å²) in [5.74, 6) is -1.05. The van der Waals surface area contributed by atoms with E-state index >= 15 is 0 Å². The Hall–Kier alpha value is -0.770.